The molecule has 2 N–H and O–H groups in total. The van der Waals surface area contributed by atoms with Crippen LogP contribution in [-0.2, 0) is 22.5 Å². The molecule has 0 saturated carbocycles. The number of alkyl halides is 2. The molecule has 94 valence electrons. The molecular formula is C11H14F2N2O2. The van der Waals surface area contributed by atoms with Crippen LogP contribution in [0.3, 0.4) is 0 Å². The molecule has 1 aromatic heterocycles. The Bertz CT molecular complexity index is 422. The fourth-order valence-electron chi connectivity index (χ4n) is 1.60. The highest BCUT2D eigenvalue weighted by molar-refractivity contribution is 5.73. The first kappa shape index (κ1) is 13.5. The Labute approximate surface area is 97.8 Å². The number of halogens is 2. The van der Waals surface area contributed by atoms with Gasteiger partial charge in [0.15, 0.2) is 0 Å². The summed E-state index contributed by atoms with van der Waals surface area (Å²) in [7, 11) is 1.21. The Hall–Kier alpha value is -1.56. The van der Waals surface area contributed by atoms with Gasteiger partial charge in [-0.25, -0.2) is 8.78 Å². The minimum absolute atomic E-state index is 0.0612. The standard InChI is InChI=1S/C11H14F2N2O2/c1-6-8(4-14)7(3-10(16)17-2)9(5-15-6)11(12)13/h5,11H,3-4,14H2,1-2H3. The molecule has 0 fully saturated rings. The molecule has 0 aliphatic carbocycles. The highest BCUT2D eigenvalue weighted by atomic mass is 19.3. The summed E-state index contributed by atoms with van der Waals surface area (Å²) in [4.78, 5) is 15.1. The molecule has 6 heteroatoms. The minimum Gasteiger partial charge on any atom is -0.469 e. The van der Waals surface area contributed by atoms with Crippen molar-refractivity contribution in [2.75, 3.05) is 7.11 Å². The Morgan fingerprint density at radius 3 is 2.65 bits per heavy atom. The Balaban J connectivity index is 3.28. The van der Waals surface area contributed by atoms with Crippen molar-refractivity contribution in [3.63, 3.8) is 0 Å². The van der Waals surface area contributed by atoms with E-state index in [1.54, 1.807) is 6.92 Å². The fourth-order valence-corrected chi connectivity index (χ4v) is 1.60. The molecule has 0 radical (unpaired) electrons. The molecule has 0 aliphatic rings. The fraction of sp³-hybridized carbons (Fsp3) is 0.455. The van der Waals surface area contributed by atoms with Crippen LogP contribution in [0, 0.1) is 6.92 Å². The van der Waals surface area contributed by atoms with Gasteiger partial charge in [0, 0.05) is 24.0 Å². The van der Waals surface area contributed by atoms with Gasteiger partial charge in [-0.3, -0.25) is 9.78 Å². The van der Waals surface area contributed by atoms with E-state index in [2.05, 4.69) is 9.72 Å². The normalized spacial score (nSPS) is 10.7. The molecule has 0 aliphatic heterocycles. The van der Waals surface area contributed by atoms with Crippen LogP contribution >= 0.6 is 0 Å². The van der Waals surface area contributed by atoms with Gasteiger partial charge in [0.05, 0.1) is 13.5 Å². The molecule has 0 aromatic carbocycles. The molecule has 1 aromatic rings. The zero-order valence-corrected chi connectivity index (χ0v) is 9.67. The minimum atomic E-state index is -2.69. The summed E-state index contributed by atoms with van der Waals surface area (Å²) in [5.74, 6) is -0.577. The van der Waals surface area contributed by atoms with E-state index in [0.717, 1.165) is 6.20 Å². The van der Waals surface area contributed by atoms with Gasteiger partial charge in [-0.2, -0.15) is 0 Å². The zero-order valence-electron chi connectivity index (χ0n) is 9.67. The van der Waals surface area contributed by atoms with E-state index in [4.69, 9.17) is 5.73 Å². The van der Waals surface area contributed by atoms with Crippen LogP contribution in [0.25, 0.3) is 0 Å². The molecule has 17 heavy (non-hydrogen) atoms. The Morgan fingerprint density at radius 1 is 1.53 bits per heavy atom. The topological polar surface area (TPSA) is 65.2 Å². The molecule has 4 nitrogen and oxygen atoms in total. The van der Waals surface area contributed by atoms with Gasteiger partial charge in [-0.05, 0) is 18.1 Å². The van der Waals surface area contributed by atoms with Crippen molar-refractivity contribution in [2.45, 2.75) is 26.3 Å². The number of nitrogens with zero attached hydrogens (tertiary/aromatic N) is 1. The van der Waals surface area contributed by atoms with Crippen LogP contribution in [-0.4, -0.2) is 18.1 Å². The van der Waals surface area contributed by atoms with E-state index in [1.165, 1.54) is 7.11 Å². The number of hydrogen-bond acceptors (Lipinski definition) is 4. The molecular weight excluding hydrogens is 230 g/mol. The monoisotopic (exact) mass is 244 g/mol. The smallest absolute Gasteiger partial charge is 0.310 e. The van der Waals surface area contributed by atoms with Crippen molar-refractivity contribution in [2.24, 2.45) is 5.73 Å². The number of aromatic nitrogens is 1. The van der Waals surface area contributed by atoms with E-state index in [9.17, 15) is 13.6 Å². The third kappa shape index (κ3) is 2.97. The highest BCUT2D eigenvalue weighted by Gasteiger charge is 2.20. The van der Waals surface area contributed by atoms with Crippen LogP contribution in [0.1, 0.15) is 28.8 Å². The predicted octanol–water partition coefficient (Wildman–Crippen LogP) is 1.50. The second-order valence-corrected chi connectivity index (χ2v) is 3.51. The number of hydrogen-bond donors (Lipinski definition) is 1. The highest BCUT2D eigenvalue weighted by Crippen LogP contribution is 2.26. The van der Waals surface area contributed by atoms with Gasteiger partial charge in [-0.15, -0.1) is 0 Å². The van der Waals surface area contributed by atoms with E-state index >= 15 is 0 Å². The summed E-state index contributed by atoms with van der Waals surface area (Å²) in [6.07, 6.45) is -1.82. The second kappa shape index (κ2) is 5.67. The van der Waals surface area contributed by atoms with Crippen molar-refractivity contribution in [1.29, 1.82) is 0 Å². The summed E-state index contributed by atoms with van der Waals surface area (Å²) in [5, 5.41) is 0. The van der Waals surface area contributed by atoms with Crippen molar-refractivity contribution < 1.29 is 18.3 Å². The molecule has 0 saturated heterocycles. The lowest BCUT2D eigenvalue weighted by Gasteiger charge is -2.14. The molecule has 1 heterocycles. The van der Waals surface area contributed by atoms with Crippen LogP contribution in [0.15, 0.2) is 6.20 Å². The van der Waals surface area contributed by atoms with Gasteiger partial charge >= 0.3 is 5.97 Å². The predicted molar refractivity (Wildman–Crippen MR) is 57.5 cm³/mol. The molecule has 0 unspecified atom stereocenters. The first-order valence-corrected chi connectivity index (χ1v) is 5.03. The van der Waals surface area contributed by atoms with Crippen molar-refractivity contribution in [3.8, 4) is 0 Å². The number of ether oxygens (including phenoxy) is 1. The van der Waals surface area contributed by atoms with Crippen molar-refractivity contribution >= 4 is 5.97 Å². The Kier molecular flexibility index (Phi) is 4.51. The number of aryl methyl sites for hydroxylation is 1. The molecule has 0 bridgehead atoms. The molecule has 0 spiro atoms. The maximum absolute atomic E-state index is 12.8. The first-order valence-electron chi connectivity index (χ1n) is 5.03. The number of pyridine rings is 1. The van der Waals surface area contributed by atoms with E-state index in [-0.39, 0.29) is 24.1 Å². The Morgan fingerprint density at radius 2 is 2.18 bits per heavy atom. The van der Waals surface area contributed by atoms with Crippen LogP contribution < -0.4 is 5.73 Å². The summed E-state index contributed by atoms with van der Waals surface area (Å²) in [6.45, 7) is 1.73. The average molecular weight is 244 g/mol. The van der Waals surface area contributed by atoms with Crippen LogP contribution in [0.5, 0.6) is 0 Å². The third-order valence-corrected chi connectivity index (χ3v) is 2.53. The second-order valence-electron chi connectivity index (χ2n) is 3.51. The number of methoxy groups -OCH3 is 1. The number of carbonyl (C=O) groups excluding carboxylic acids is 1. The number of esters is 1. The number of nitrogens with two attached hydrogens (primary N) is 1. The lowest BCUT2D eigenvalue weighted by atomic mass is 9.99. The molecule has 0 atom stereocenters. The van der Waals surface area contributed by atoms with E-state index in [1.807, 2.05) is 0 Å². The summed E-state index contributed by atoms with van der Waals surface area (Å²) in [6, 6.07) is 0. The number of carbonyl (C=O) groups is 1. The van der Waals surface area contributed by atoms with E-state index in [0.29, 0.717) is 11.3 Å². The lowest BCUT2D eigenvalue weighted by molar-refractivity contribution is -0.139. The van der Waals surface area contributed by atoms with Crippen LogP contribution in [0.4, 0.5) is 8.78 Å². The van der Waals surface area contributed by atoms with Gasteiger partial charge in [-0.1, -0.05) is 0 Å². The lowest BCUT2D eigenvalue weighted by Crippen LogP contribution is -2.14. The van der Waals surface area contributed by atoms with Gasteiger partial charge in [0.2, 0.25) is 0 Å². The molecule has 1 rings (SSSR count). The average Bonchev–Trinajstić information content (AvgIpc) is 2.28. The van der Waals surface area contributed by atoms with Gasteiger partial charge in [0.1, 0.15) is 0 Å². The maximum Gasteiger partial charge on any atom is 0.310 e. The summed E-state index contributed by atoms with van der Waals surface area (Å²) in [5.41, 5.74) is 6.49. The quantitative estimate of drug-likeness (QED) is 0.815. The SMILES string of the molecule is COC(=O)Cc1c(C(F)F)cnc(C)c1CN. The van der Waals surface area contributed by atoms with Crippen molar-refractivity contribution in [1.82, 2.24) is 4.98 Å². The van der Waals surface area contributed by atoms with Crippen molar-refractivity contribution in [3.05, 3.63) is 28.6 Å². The van der Waals surface area contributed by atoms with E-state index < -0.39 is 12.4 Å². The largest absolute Gasteiger partial charge is 0.469 e. The summed E-state index contributed by atoms with van der Waals surface area (Å²) >= 11 is 0. The third-order valence-electron chi connectivity index (χ3n) is 2.53. The molecule has 0 amide bonds. The zero-order chi connectivity index (χ0) is 13.0. The van der Waals surface area contributed by atoms with Gasteiger partial charge < -0.3 is 10.5 Å². The maximum atomic E-state index is 12.8. The first-order chi connectivity index (χ1) is 8.01. The summed E-state index contributed by atoms with van der Waals surface area (Å²) < 4.78 is 30.1. The van der Waals surface area contributed by atoms with Crippen LogP contribution in [0.2, 0.25) is 0 Å². The van der Waals surface area contributed by atoms with Gasteiger partial charge in [0.25, 0.3) is 6.43 Å². The number of rotatable bonds is 4.